The molecule has 2 aliphatic rings. The van der Waals surface area contributed by atoms with E-state index in [4.69, 9.17) is 28.4 Å². The Labute approximate surface area is 308 Å². The summed E-state index contributed by atoms with van der Waals surface area (Å²) in [5.74, 6) is -1.18. The van der Waals surface area contributed by atoms with E-state index in [1.54, 1.807) is 24.3 Å². The van der Waals surface area contributed by atoms with Crippen LogP contribution in [0.4, 0.5) is 10.5 Å². The first kappa shape index (κ1) is 37.3. The monoisotopic (exact) mass is 721 g/mol. The number of aliphatic hydroxyl groups excluding tert-OH is 1. The van der Waals surface area contributed by atoms with Gasteiger partial charge in [-0.15, -0.1) is 0 Å². The lowest BCUT2D eigenvalue weighted by molar-refractivity contribution is -0.300. The zero-order valence-electron chi connectivity index (χ0n) is 29.3. The van der Waals surface area contributed by atoms with Crippen molar-refractivity contribution in [1.82, 2.24) is 0 Å². The molecule has 1 saturated heterocycles. The maximum atomic E-state index is 14.0. The maximum absolute atomic E-state index is 14.0. The van der Waals surface area contributed by atoms with Crippen molar-refractivity contribution in [2.24, 2.45) is 11.8 Å². The van der Waals surface area contributed by atoms with Crippen LogP contribution in [-0.2, 0) is 46.1 Å². The number of fused-ring (bicyclic) bond motifs is 1. The summed E-state index contributed by atoms with van der Waals surface area (Å²) in [5.41, 5.74) is 2.27. The van der Waals surface area contributed by atoms with Gasteiger partial charge in [0.25, 0.3) is 0 Å². The molecule has 4 aromatic carbocycles. The summed E-state index contributed by atoms with van der Waals surface area (Å²) in [5, 5.41) is 13.1. The van der Waals surface area contributed by atoms with Crippen LogP contribution in [0.25, 0.3) is 0 Å². The number of hydrogen-bond acceptors (Lipinski definition) is 10. The first-order valence-corrected chi connectivity index (χ1v) is 17.6. The number of amides is 1. The van der Waals surface area contributed by atoms with E-state index in [0.29, 0.717) is 42.9 Å². The zero-order valence-corrected chi connectivity index (χ0v) is 29.3. The van der Waals surface area contributed by atoms with Crippen LogP contribution < -0.4 is 10.1 Å². The molecule has 0 radical (unpaired) electrons. The Kier molecular flexibility index (Phi) is 12.9. The van der Waals surface area contributed by atoms with E-state index >= 15 is 0 Å². The fourth-order valence-electron chi connectivity index (χ4n) is 6.42. The molecule has 1 fully saturated rings. The largest absolute Gasteiger partial charge is 0.457 e. The van der Waals surface area contributed by atoms with Gasteiger partial charge < -0.3 is 33.5 Å². The van der Waals surface area contributed by atoms with Crippen LogP contribution in [-0.4, -0.2) is 67.6 Å². The number of allylic oxidation sites excluding steroid dienone is 2. The molecule has 2 aliphatic heterocycles. The molecule has 2 N–H and O–H groups in total. The van der Waals surface area contributed by atoms with Crippen molar-refractivity contribution in [2.75, 3.05) is 19.0 Å². The Bertz CT molecular complexity index is 1800. The Morgan fingerprint density at radius 2 is 1.23 bits per heavy atom. The van der Waals surface area contributed by atoms with Crippen molar-refractivity contribution >= 4 is 23.7 Å². The number of para-hydroxylation sites is 1. The number of benzene rings is 4. The fourth-order valence-corrected chi connectivity index (χ4v) is 6.42. The Morgan fingerprint density at radius 1 is 0.717 bits per heavy atom. The zero-order chi connectivity index (χ0) is 37.0. The average molecular weight is 722 g/mol. The second kappa shape index (κ2) is 18.3. The molecule has 0 aromatic heterocycles. The number of rotatable bonds is 10. The van der Waals surface area contributed by atoms with E-state index < -0.39 is 67.2 Å². The third-order valence-electron chi connectivity index (χ3n) is 9.16. The first-order valence-electron chi connectivity index (χ1n) is 17.6. The number of esters is 2. The lowest BCUT2D eigenvalue weighted by atomic mass is 9.92. The van der Waals surface area contributed by atoms with Gasteiger partial charge in [-0.3, -0.25) is 14.9 Å². The number of carbonyl (C=O) groups excluding carboxylic acids is 3. The number of hydrogen-bond donors (Lipinski definition) is 2. The van der Waals surface area contributed by atoms with Gasteiger partial charge in [0.2, 0.25) is 0 Å². The van der Waals surface area contributed by atoms with E-state index in [9.17, 15) is 19.5 Å². The highest BCUT2D eigenvalue weighted by Gasteiger charge is 2.53. The Balaban J connectivity index is 1.27. The quantitative estimate of drug-likeness (QED) is 0.104. The molecule has 0 aliphatic carbocycles. The molecule has 0 spiro atoms. The van der Waals surface area contributed by atoms with Gasteiger partial charge in [-0.2, -0.15) is 0 Å². The number of aliphatic hydroxyl groups is 1. The molecule has 2 heterocycles. The molecule has 276 valence electrons. The summed E-state index contributed by atoms with van der Waals surface area (Å²) in [4.78, 5) is 41.4. The fraction of sp³-hybridized carbons (Fsp3) is 0.310. The van der Waals surface area contributed by atoms with E-state index in [1.807, 2.05) is 103 Å². The molecule has 4 aromatic rings. The summed E-state index contributed by atoms with van der Waals surface area (Å²) >= 11 is 0. The van der Waals surface area contributed by atoms with E-state index in [1.165, 1.54) is 7.11 Å². The molecule has 11 heteroatoms. The van der Waals surface area contributed by atoms with Crippen molar-refractivity contribution in [3.8, 4) is 11.5 Å². The molecule has 0 bridgehead atoms. The minimum Gasteiger partial charge on any atom is -0.457 e. The van der Waals surface area contributed by atoms with Crippen LogP contribution in [0.5, 0.6) is 11.5 Å². The van der Waals surface area contributed by atoms with Crippen LogP contribution in [0.1, 0.15) is 24.0 Å². The van der Waals surface area contributed by atoms with Crippen molar-refractivity contribution in [3.05, 3.63) is 139 Å². The van der Waals surface area contributed by atoms with Crippen LogP contribution in [0.3, 0.4) is 0 Å². The van der Waals surface area contributed by atoms with E-state index in [2.05, 4.69) is 5.32 Å². The smallest absolute Gasteiger partial charge is 0.412 e. The summed E-state index contributed by atoms with van der Waals surface area (Å²) in [6.07, 6.45) is -2.26. The van der Waals surface area contributed by atoms with Crippen LogP contribution in [0.15, 0.2) is 127 Å². The van der Waals surface area contributed by atoms with Gasteiger partial charge in [0.15, 0.2) is 24.6 Å². The average Bonchev–Trinajstić information content (AvgIpc) is 3.18. The molecule has 53 heavy (non-hydrogen) atoms. The number of anilines is 1. The van der Waals surface area contributed by atoms with Gasteiger partial charge in [-0.25, -0.2) is 4.79 Å². The molecule has 6 rings (SSSR count). The van der Waals surface area contributed by atoms with Crippen molar-refractivity contribution < 1.29 is 47.9 Å². The minimum atomic E-state index is -1.39. The van der Waals surface area contributed by atoms with Gasteiger partial charge in [0, 0.05) is 12.8 Å². The summed E-state index contributed by atoms with van der Waals surface area (Å²) in [6, 6.07) is 35.0. The highest BCUT2D eigenvalue weighted by atomic mass is 16.7. The third-order valence-corrected chi connectivity index (χ3v) is 9.16. The number of methoxy groups -OCH3 is 1. The predicted octanol–water partition coefficient (Wildman–Crippen LogP) is 6.65. The van der Waals surface area contributed by atoms with Crippen LogP contribution in [0, 0.1) is 11.8 Å². The van der Waals surface area contributed by atoms with Gasteiger partial charge in [-0.05, 0) is 73.2 Å². The summed E-state index contributed by atoms with van der Waals surface area (Å²) in [6.45, 7) is -0.620. The Hall–Kier alpha value is -5.49. The summed E-state index contributed by atoms with van der Waals surface area (Å²) < 4.78 is 35.6. The molecule has 0 unspecified atom stereocenters. The second-order valence-corrected chi connectivity index (χ2v) is 12.9. The lowest BCUT2D eigenvalue weighted by Crippen LogP contribution is -2.63. The first-order chi connectivity index (χ1) is 25.9. The summed E-state index contributed by atoms with van der Waals surface area (Å²) in [7, 11) is 1.35. The normalized spacial score (nSPS) is 25.3. The van der Waals surface area contributed by atoms with E-state index in [0.717, 1.165) is 11.1 Å². The number of carbonyl (C=O) groups is 3. The molecule has 0 saturated carbocycles. The van der Waals surface area contributed by atoms with Crippen molar-refractivity contribution in [3.63, 3.8) is 0 Å². The van der Waals surface area contributed by atoms with Crippen molar-refractivity contribution in [1.29, 1.82) is 0 Å². The maximum Gasteiger partial charge on any atom is 0.412 e. The molecule has 11 nitrogen and oxygen atoms in total. The molecular formula is C42H43NO10. The van der Waals surface area contributed by atoms with Gasteiger partial charge >= 0.3 is 18.0 Å². The number of ether oxygens (including phenoxy) is 6. The van der Waals surface area contributed by atoms with Crippen LogP contribution >= 0.6 is 0 Å². The SMILES string of the molecule is CO[C@H]1O[C@H](CO)[C@@H](OC(=O)Nc2ccc(Oc3ccccc3)cc2)[C@@H]2OC(=O)[C@@H](Cc3ccccc3)C/C=C/C[C@H](Cc3ccccc3)C(=O)O[C@@H]12. The minimum absolute atomic E-state index is 0.335. The second-order valence-electron chi connectivity index (χ2n) is 12.9. The third kappa shape index (κ3) is 10.1. The number of nitrogens with one attached hydrogen (secondary N) is 1. The highest BCUT2D eigenvalue weighted by molar-refractivity contribution is 5.85. The van der Waals surface area contributed by atoms with Gasteiger partial charge in [-0.1, -0.05) is 91.0 Å². The topological polar surface area (TPSA) is 139 Å². The van der Waals surface area contributed by atoms with Crippen LogP contribution in [0.2, 0.25) is 0 Å². The molecular weight excluding hydrogens is 678 g/mol. The van der Waals surface area contributed by atoms with Gasteiger partial charge in [0.1, 0.15) is 17.6 Å². The Morgan fingerprint density at radius 3 is 1.75 bits per heavy atom. The standard InChI is InChI=1S/C42H43NO10/c1-48-41-38-37(36(35(27-44)50-41)53-42(47)43-32-21-23-34(24-22-32)49-33-19-9-4-10-20-33)51-39(45)30(25-28-13-5-2-6-14-28)17-11-12-18-31(40(46)52-38)26-29-15-7-3-8-16-29/h2-16,19-24,30-31,35-38,41,44H,17-18,25-27H2,1H3,(H,43,47)/b12-11+/t30-,31-,35-,36-,37+,38-,41+/m1/s1. The lowest BCUT2D eigenvalue weighted by Gasteiger charge is -2.44. The van der Waals surface area contributed by atoms with Crippen molar-refractivity contribution in [2.45, 2.75) is 56.4 Å². The highest BCUT2D eigenvalue weighted by Crippen LogP contribution is 2.32. The molecule has 1 amide bonds. The molecule has 7 atom stereocenters. The van der Waals surface area contributed by atoms with Gasteiger partial charge in [0.05, 0.1) is 18.4 Å². The van der Waals surface area contributed by atoms with E-state index in [-0.39, 0.29) is 0 Å². The predicted molar refractivity (Wildman–Crippen MR) is 195 cm³/mol.